The highest BCUT2D eigenvalue weighted by atomic mass is 16.5. The molecule has 1 saturated heterocycles. The molecule has 0 radical (unpaired) electrons. The molecular formula is C14H20N2O2. The maximum atomic E-state index is 12.0. The van der Waals surface area contributed by atoms with Crippen molar-refractivity contribution in [1.82, 2.24) is 0 Å². The largest absolute Gasteiger partial charge is 0.365 e. The molecule has 1 heterocycles. The van der Waals surface area contributed by atoms with Crippen molar-refractivity contribution in [2.24, 2.45) is 5.73 Å². The molecule has 1 aromatic carbocycles. The average Bonchev–Trinajstić information content (AvgIpc) is 2.79. The highest BCUT2D eigenvalue weighted by Gasteiger charge is 2.28. The molecule has 2 rings (SSSR count). The van der Waals surface area contributed by atoms with Gasteiger partial charge in [0.15, 0.2) is 0 Å². The van der Waals surface area contributed by atoms with E-state index < -0.39 is 0 Å². The molecule has 0 aliphatic carbocycles. The number of aryl methyl sites for hydroxylation is 1. The highest BCUT2D eigenvalue weighted by molar-refractivity contribution is 5.95. The zero-order chi connectivity index (χ0) is 13.1. The van der Waals surface area contributed by atoms with Crippen molar-refractivity contribution in [1.29, 1.82) is 0 Å². The smallest absolute Gasteiger partial charge is 0.253 e. The second-order valence-corrected chi connectivity index (χ2v) is 4.86. The van der Waals surface area contributed by atoms with Crippen molar-refractivity contribution in [3.05, 3.63) is 29.3 Å². The molecule has 0 spiro atoms. The average molecular weight is 248 g/mol. The first-order valence-corrected chi connectivity index (χ1v) is 6.36. The maximum Gasteiger partial charge on any atom is 0.253 e. The van der Waals surface area contributed by atoms with Crippen molar-refractivity contribution >= 4 is 11.6 Å². The fraction of sp³-hybridized carbons (Fsp3) is 0.500. The Morgan fingerprint density at radius 3 is 2.89 bits per heavy atom. The van der Waals surface area contributed by atoms with Gasteiger partial charge < -0.3 is 15.8 Å². The zero-order valence-corrected chi connectivity index (χ0v) is 10.9. The molecular weight excluding hydrogens is 228 g/mol. The predicted octanol–water partition coefficient (Wildman–Crippen LogP) is 1.96. The topological polar surface area (TPSA) is 64.3 Å². The summed E-state index contributed by atoms with van der Waals surface area (Å²) in [6.45, 7) is 4.43. The van der Waals surface area contributed by atoms with Gasteiger partial charge in [0.05, 0.1) is 6.10 Å². The standard InChI is InChI=1S/C14H20N2O2/c1-9-3-5-11(8-15)7-12(9)16-14(17)13-6-4-10(2)18-13/h3,5,7,10,13H,4,6,8,15H2,1-2H3,(H,16,17). The van der Waals surface area contributed by atoms with Crippen LogP contribution in [0.1, 0.15) is 30.9 Å². The van der Waals surface area contributed by atoms with Crippen LogP contribution in [0.5, 0.6) is 0 Å². The number of hydrogen-bond donors (Lipinski definition) is 2. The molecule has 4 heteroatoms. The van der Waals surface area contributed by atoms with Crippen LogP contribution >= 0.6 is 0 Å². The number of amides is 1. The van der Waals surface area contributed by atoms with Gasteiger partial charge in [0.25, 0.3) is 5.91 Å². The lowest BCUT2D eigenvalue weighted by Gasteiger charge is -2.14. The summed E-state index contributed by atoms with van der Waals surface area (Å²) in [4.78, 5) is 12.0. The Morgan fingerprint density at radius 2 is 2.28 bits per heavy atom. The molecule has 18 heavy (non-hydrogen) atoms. The number of benzene rings is 1. The van der Waals surface area contributed by atoms with E-state index in [1.54, 1.807) is 0 Å². The number of nitrogens with two attached hydrogens (primary N) is 1. The summed E-state index contributed by atoms with van der Waals surface area (Å²) in [6, 6.07) is 5.86. The van der Waals surface area contributed by atoms with E-state index in [9.17, 15) is 4.79 Å². The number of anilines is 1. The second-order valence-electron chi connectivity index (χ2n) is 4.86. The van der Waals surface area contributed by atoms with Crippen molar-refractivity contribution in [2.75, 3.05) is 5.32 Å². The van der Waals surface area contributed by atoms with Crippen molar-refractivity contribution in [2.45, 2.75) is 45.4 Å². The molecule has 3 N–H and O–H groups in total. The van der Waals surface area contributed by atoms with E-state index in [-0.39, 0.29) is 18.1 Å². The SMILES string of the molecule is Cc1ccc(CN)cc1NC(=O)C1CCC(C)O1. The molecule has 1 amide bonds. The summed E-state index contributed by atoms with van der Waals surface area (Å²) in [5.74, 6) is -0.0587. The summed E-state index contributed by atoms with van der Waals surface area (Å²) < 4.78 is 5.55. The van der Waals surface area contributed by atoms with Crippen LogP contribution in [-0.4, -0.2) is 18.1 Å². The van der Waals surface area contributed by atoms with E-state index in [0.717, 1.165) is 29.7 Å². The van der Waals surface area contributed by atoms with Crippen LogP contribution in [0.15, 0.2) is 18.2 Å². The summed E-state index contributed by atoms with van der Waals surface area (Å²) in [7, 11) is 0. The van der Waals surface area contributed by atoms with E-state index >= 15 is 0 Å². The molecule has 2 atom stereocenters. The third kappa shape index (κ3) is 2.89. The first-order valence-electron chi connectivity index (χ1n) is 6.36. The molecule has 2 unspecified atom stereocenters. The van der Waals surface area contributed by atoms with Gasteiger partial charge in [-0.1, -0.05) is 12.1 Å². The summed E-state index contributed by atoms with van der Waals surface area (Å²) >= 11 is 0. The Balaban J connectivity index is 2.06. The van der Waals surface area contributed by atoms with Gasteiger partial charge in [-0.05, 0) is 43.9 Å². The lowest BCUT2D eigenvalue weighted by atomic mass is 10.1. The number of carbonyl (C=O) groups excluding carboxylic acids is 1. The fourth-order valence-corrected chi connectivity index (χ4v) is 2.14. The van der Waals surface area contributed by atoms with Gasteiger partial charge in [0, 0.05) is 12.2 Å². The van der Waals surface area contributed by atoms with Crippen LogP contribution in [0.25, 0.3) is 0 Å². The van der Waals surface area contributed by atoms with Gasteiger partial charge in [0.2, 0.25) is 0 Å². The molecule has 0 aromatic heterocycles. The molecule has 1 aliphatic rings. The van der Waals surface area contributed by atoms with Gasteiger partial charge in [-0.3, -0.25) is 4.79 Å². The number of hydrogen-bond acceptors (Lipinski definition) is 3. The van der Waals surface area contributed by atoms with Crippen LogP contribution in [-0.2, 0) is 16.1 Å². The minimum atomic E-state index is -0.319. The van der Waals surface area contributed by atoms with Crippen LogP contribution < -0.4 is 11.1 Å². The van der Waals surface area contributed by atoms with Gasteiger partial charge in [-0.2, -0.15) is 0 Å². The van der Waals surface area contributed by atoms with Crippen LogP contribution in [0.3, 0.4) is 0 Å². The molecule has 1 aromatic rings. The highest BCUT2D eigenvalue weighted by Crippen LogP contribution is 2.22. The number of ether oxygens (including phenoxy) is 1. The fourth-order valence-electron chi connectivity index (χ4n) is 2.14. The third-order valence-electron chi connectivity index (χ3n) is 3.32. The zero-order valence-electron chi connectivity index (χ0n) is 10.9. The minimum Gasteiger partial charge on any atom is -0.365 e. The quantitative estimate of drug-likeness (QED) is 0.859. The Labute approximate surface area is 108 Å². The minimum absolute atomic E-state index is 0.0587. The predicted molar refractivity (Wildman–Crippen MR) is 71.3 cm³/mol. The lowest BCUT2D eigenvalue weighted by Crippen LogP contribution is -2.28. The van der Waals surface area contributed by atoms with Crippen molar-refractivity contribution < 1.29 is 9.53 Å². The van der Waals surface area contributed by atoms with Crippen LogP contribution in [0, 0.1) is 6.92 Å². The van der Waals surface area contributed by atoms with Crippen LogP contribution in [0.2, 0.25) is 0 Å². The van der Waals surface area contributed by atoms with E-state index in [2.05, 4.69) is 5.32 Å². The van der Waals surface area contributed by atoms with E-state index in [1.165, 1.54) is 0 Å². The van der Waals surface area contributed by atoms with E-state index in [0.29, 0.717) is 6.54 Å². The molecule has 0 bridgehead atoms. The summed E-state index contributed by atoms with van der Waals surface area (Å²) in [5, 5.41) is 2.93. The molecule has 0 saturated carbocycles. The lowest BCUT2D eigenvalue weighted by molar-refractivity contribution is -0.126. The number of carbonyl (C=O) groups is 1. The first-order chi connectivity index (χ1) is 8.60. The molecule has 98 valence electrons. The van der Waals surface area contributed by atoms with Crippen molar-refractivity contribution in [3.8, 4) is 0 Å². The summed E-state index contributed by atoms with van der Waals surface area (Å²) in [6.07, 6.45) is 1.60. The van der Waals surface area contributed by atoms with Gasteiger partial charge in [-0.25, -0.2) is 0 Å². The van der Waals surface area contributed by atoms with Gasteiger partial charge >= 0.3 is 0 Å². The first kappa shape index (κ1) is 13.1. The van der Waals surface area contributed by atoms with Gasteiger partial charge in [-0.15, -0.1) is 0 Å². The number of nitrogens with one attached hydrogen (secondary N) is 1. The Kier molecular flexibility index (Phi) is 3.99. The summed E-state index contributed by atoms with van der Waals surface area (Å²) in [5.41, 5.74) is 8.47. The Hall–Kier alpha value is -1.39. The number of rotatable bonds is 3. The Morgan fingerprint density at radius 1 is 1.50 bits per heavy atom. The van der Waals surface area contributed by atoms with Gasteiger partial charge in [0.1, 0.15) is 6.10 Å². The Bertz CT molecular complexity index is 445. The second kappa shape index (κ2) is 5.50. The normalized spacial score (nSPS) is 23.1. The van der Waals surface area contributed by atoms with E-state index in [1.807, 2.05) is 32.0 Å². The van der Waals surface area contributed by atoms with Crippen LogP contribution in [0.4, 0.5) is 5.69 Å². The molecule has 4 nitrogen and oxygen atoms in total. The monoisotopic (exact) mass is 248 g/mol. The van der Waals surface area contributed by atoms with Crippen molar-refractivity contribution in [3.63, 3.8) is 0 Å². The maximum absolute atomic E-state index is 12.0. The third-order valence-corrected chi connectivity index (χ3v) is 3.32. The molecule has 1 aliphatic heterocycles. The molecule has 1 fully saturated rings. The van der Waals surface area contributed by atoms with E-state index in [4.69, 9.17) is 10.5 Å².